The summed E-state index contributed by atoms with van der Waals surface area (Å²) >= 11 is 0. The van der Waals surface area contributed by atoms with Gasteiger partial charge in [0.05, 0.1) is 12.0 Å². The summed E-state index contributed by atoms with van der Waals surface area (Å²) in [7, 11) is 1.38. The third-order valence-electron chi connectivity index (χ3n) is 2.03. The lowest BCUT2D eigenvalue weighted by Gasteiger charge is -2.11. The molecule has 0 aromatic carbocycles. The molecule has 0 fully saturated rings. The maximum absolute atomic E-state index is 10.9. The first-order valence-electron chi connectivity index (χ1n) is 4.71. The molecule has 8 nitrogen and oxygen atoms in total. The van der Waals surface area contributed by atoms with Crippen molar-refractivity contribution in [3.8, 4) is 5.88 Å². The standard InChI is InChI=1S/C9H12N4O4/c1-5(8(10)14)11-9-6(13(15)16)3-4-7(12-9)17-2/h3-5H,1-2H3,(H2,10,14)(H,11,12). The number of carbonyl (C=O) groups excluding carboxylic acids is 1. The van der Waals surface area contributed by atoms with E-state index in [1.165, 1.54) is 26.2 Å². The molecule has 0 saturated heterocycles. The van der Waals surface area contributed by atoms with Crippen molar-refractivity contribution in [2.24, 2.45) is 5.73 Å². The Morgan fingerprint density at radius 1 is 1.65 bits per heavy atom. The van der Waals surface area contributed by atoms with Gasteiger partial charge in [0, 0.05) is 12.1 Å². The fourth-order valence-corrected chi connectivity index (χ4v) is 1.08. The van der Waals surface area contributed by atoms with Gasteiger partial charge in [0.2, 0.25) is 17.6 Å². The van der Waals surface area contributed by atoms with Crippen molar-refractivity contribution in [3.63, 3.8) is 0 Å². The zero-order valence-corrected chi connectivity index (χ0v) is 9.34. The van der Waals surface area contributed by atoms with Crippen LogP contribution in [0.4, 0.5) is 11.5 Å². The largest absolute Gasteiger partial charge is 0.481 e. The number of hydrogen-bond donors (Lipinski definition) is 2. The number of nitrogens with zero attached hydrogens (tertiary/aromatic N) is 2. The molecule has 92 valence electrons. The van der Waals surface area contributed by atoms with Gasteiger partial charge in [-0.15, -0.1) is 0 Å². The molecule has 1 aromatic rings. The molecule has 8 heteroatoms. The number of nitro groups is 1. The highest BCUT2D eigenvalue weighted by atomic mass is 16.6. The van der Waals surface area contributed by atoms with E-state index in [-0.39, 0.29) is 17.4 Å². The van der Waals surface area contributed by atoms with Gasteiger partial charge in [-0.3, -0.25) is 14.9 Å². The van der Waals surface area contributed by atoms with E-state index in [1.807, 2.05) is 0 Å². The Kier molecular flexibility index (Phi) is 3.81. The number of hydrogen-bond acceptors (Lipinski definition) is 6. The first-order chi connectivity index (χ1) is 7.95. The van der Waals surface area contributed by atoms with Gasteiger partial charge >= 0.3 is 5.69 Å². The van der Waals surface area contributed by atoms with Crippen molar-refractivity contribution >= 4 is 17.4 Å². The summed E-state index contributed by atoms with van der Waals surface area (Å²) in [5.41, 5.74) is 4.80. The van der Waals surface area contributed by atoms with Crippen molar-refractivity contribution in [1.29, 1.82) is 0 Å². The third kappa shape index (κ3) is 3.03. The molecule has 1 heterocycles. The summed E-state index contributed by atoms with van der Waals surface area (Å²) in [5, 5.41) is 13.3. The van der Waals surface area contributed by atoms with Crippen LogP contribution in [0.1, 0.15) is 6.92 Å². The molecule has 1 aromatic heterocycles. The number of pyridine rings is 1. The van der Waals surface area contributed by atoms with Gasteiger partial charge in [0.25, 0.3) is 0 Å². The topological polar surface area (TPSA) is 120 Å². The van der Waals surface area contributed by atoms with Crippen molar-refractivity contribution in [1.82, 2.24) is 4.98 Å². The number of methoxy groups -OCH3 is 1. The van der Waals surface area contributed by atoms with E-state index in [0.717, 1.165) is 0 Å². The maximum atomic E-state index is 10.9. The van der Waals surface area contributed by atoms with Gasteiger partial charge in [-0.05, 0) is 6.92 Å². The molecular formula is C9H12N4O4. The van der Waals surface area contributed by atoms with E-state index in [4.69, 9.17) is 10.5 Å². The summed E-state index contributed by atoms with van der Waals surface area (Å²) < 4.78 is 4.84. The predicted octanol–water partition coefficient (Wildman–Crippen LogP) is 0.284. The Hall–Kier alpha value is -2.38. The van der Waals surface area contributed by atoms with E-state index in [2.05, 4.69) is 10.3 Å². The number of amides is 1. The summed E-state index contributed by atoms with van der Waals surface area (Å²) in [6.07, 6.45) is 0. The average Bonchev–Trinajstić information content (AvgIpc) is 2.28. The van der Waals surface area contributed by atoms with Crippen LogP contribution in [0.2, 0.25) is 0 Å². The van der Waals surface area contributed by atoms with Gasteiger partial charge in [-0.1, -0.05) is 0 Å². The Balaban J connectivity index is 3.09. The Bertz CT molecular complexity index is 449. The quantitative estimate of drug-likeness (QED) is 0.563. The molecular weight excluding hydrogens is 228 g/mol. The fourth-order valence-electron chi connectivity index (χ4n) is 1.08. The molecule has 0 aliphatic heterocycles. The lowest BCUT2D eigenvalue weighted by molar-refractivity contribution is -0.384. The van der Waals surface area contributed by atoms with Crippen molar-refractivity contribution in [3.05, 3.63) is 22.2 Å². The van der Waals surface area contributed by atoms with Crippen LogP contribution < -0.4 is 15.8 Å². The second-order valence-corrected chi connectivity index (χ2v) is 3.25. The summed E-state index contributed by atoms with van der Waals surface area (Å²) in [6, 6.07) is 1.83. The summed E-state index contributed by atoms with van der Waals surface area (Å²) in [5.74, 6) is -0.487. The molecule has 1 atom stereocenters. The van der Waals surface area contributed by atoms with Crippen LogP contribution in [0.5, 0.6) is 5.88 Å². The van der Waals surface area contributed by atoms with Crippen LogP contribution in [0.15, 0.2) is 12.1 Å². The molecule has 0 radical (unpaired) electrons. The first kappa shape index (κ1) is 12.7. The first-order valence-corrected chi connectivity index (χ1v) is 4.71. The number of rotatable bonds is 5. The van der Waals surface area contributed by atoms with E-state index in [1.54, 1.807) is 0 Å². The number of carbonyl (C=O) groups is 1. The number of nitrogens with two attached hydrogens (primary N) is 1. The molecule has 0 spiro atoms. The maximum Gasteiger partial charge on any atom is 0.311 e. The second kappa shape index (κ2) is 5.10. The lowest BCUT2D eigenvalue weighted by atomic mass is 10.3. The van der Waals surface area contributed by atoms with Gasteiger partial charge < -0.3 is 15.8 Å². The number of primary amides is 1. The van der Waals surface area contributed by atoms with Crippen LogP contribution in [0.3, 0.4) is 0 Å². The molecule has 1 unspecified atom stereocenters. The van der Waals surface area contributed by atoms with Crippen LogP contribution in [-0.2, 0) is 4.79 Å². The van der Waals surface area contributed by atoms with Gasteiger partial charge in [0.1, 0.15) is 6.04 Å². The Morgan fingerprint density at radius 3 is 2.76 bits per heavy atom. The van der Waals surface area contributed by atoms with E-state index < -0.39 is 16.9 Å². The molecule has 0 aliphatic rings. The highest BCUT2D eigenvalue weighted by Gasteiger charge is 2.19. The Labute approximate surface area is 96.9 Å². The van der Waals surface area contributed by atoms with E-state index >= 15 is 0 Å². The van der Waals surface area contributed by atoms with Crippen LogP contribution in [0, 0.1) is 10.1 Å². The number of ether oxygens (including phenoxy) is 1. The minimum atomic E-state index is -0.770. The molecule has 0 aliphatic carbocycles. The van der Waals surface area contributed by atoms with Gasteiger partial charge in [-0.25, -0.2) is 0 Å². The molecule has 0 saturated carbocycles. The highest BCUT2D eigenvalue weighted by molar-refractivity contribution is 5.82. The molecule has 1 amide bonds. The number of anilines is 1. The normalized spacial score (nSPS) is 11.6. The number of nitrogens with one attached hydrogen (secondary N) is 1. The monoisotopic (exact) mass is 240 g/mol. The highest BCUT2D eigenvalue weighted by Crippen LogP contribution is 2.25. The van der Waals surface area contributed by atoms with E-state index in [9.17, 15) is 14.9 Å². The minimum Gasteiger partial charge on any atom is -0.481 e. The summed E-state index contributed by atoms with van der Waals surface area (Å²) in [4.78, 5) is 24.9. The lowest BCUT2D eigenvalue weighted by Crippen LogP contribution is -2.33. The molecule has 3 N–H and O–H groups in total. The van der Waals surface area contributed by atoms with Gasteiger partial charge in [-0.2, -0.15) is 4.98 Å². The van der Waals surface area contributed by atoms with Crippen LogP contribution in [-0.4, -0.2) is 29.0 Å². The SMILES string of the molecule is COc1ccc([N+](=O)[O-])c(NC(C)C(N)=O)n1. The van der Waals surface area contributed by atoms with E-state index in [0.29, 0.717) is 0 Å². The minimum absolute atomic E-state index is 0.0550. The molecule has 17 heavy (non-hydrogen) atoms. The zero-order chi connectivity index (χ0) is 13.0. The fraction of sp³-hybridized carbons (Fsp3) is 0.333. The second-order valence-electron chi connectivity index (χ2n) is 3.25. The van der Waals surface area contributed by atoms with Crippen molar-refractivity contribution in [2.75, 3.05) is 12.4 Å². The number of aromatic nitrogens is 1. The van der Waals surface area contributed by atoms with Crippen molar-refractivity contribution in [2.45, 2.75) is 13.0 Å². The Morgan fingerprint density at radius 2 is 2.29 bits per heavy atom. The average molecular weight is 240 g/mol. The van der Waals surface area contributed by atoms with Gasteiger partial charge in [0.15, 0.2) is 0 Å². The third-order valence-corrected chi connectivity index (χ3v) is 2.03. The van der Waals surface area contributed by atoms with Crippen molar-refractivity contribution < 1.29 is 14.5 Å². The molecule has 0 bridgehead atoms. The smallest absolute Gasteiger partial charge is 0.311 e. The predicted molar refractivity (Wildman–Crippen MR) is 59.7 cm³/mol. The van der Waals surface area contributed by atoms with Crippen LogP contribution >= 0.6 is 0 Å². The van der Waals surface area contributed by atoms with Crippen LogP contribution in [0.25, 0.3) is 0 Å². The summed E-state index contributed by atoms with van der Waals surface area (Å²) in [6.45, 7) is 1.48. The zero-order valence-electron chi connectivity index (χ0n) is 9.34. The molecule has 1 rings (SSSR count).